The highest BCUT2D eigenvalue weighted by Crippen LogP contribution is 2.35. The van der Waals surface area contributed by atoms with Gasteiger partial charge >= 0.3 is 5.97 Å². The van der Waals surface area contributed by atoms with E-state index in [0.29, 0.717) is 11.4 Å². The van der Waals surface area contributed by atoms with E-state index < -0.39 is 16.0 Å². The number of carbonyl (C=O) groups is 1. The van der Waals surface area contributed by atoms with Crippen LogP contribution in [-0.2, 0) is 16.6 Å². The van der Waals surface area contributed by atoms with Gasteiger partial charge in [0, 0.05) is 6.04 Å². The quantitative estimate of drug-likeness (QED) is 0.567. The Hall–Kier alpha value is -3.26. The molecule has 7 nitrogen and oxygen atoms in total. The van der Waals surface area contributed by atoms with Crippen molar-refractivity contribution >= 4 is 21.7 Å². The highest BCUT2D eigenvalue weighted by atomic mass is 32.2. The van der Waals surface area contributed by atoms with Crippen LogP contribution in [0.25, 0.3) is 0 Å². The highest BCUT2D eigenvalue weighted by Gasteiger charge is 2.32. The van der Waals surface area contributed by atoms with Crippen LogP contribution in [0.2, 0.25) is 0 Å². The number of aryl methyl sites for hydroxylation is 1. The van der Waals surface area contributed by atoms with E-state index in [1.807, 2.05) is 13.0 Å². The van der Waals surface area contributed by atoms with E-state index in [9.17, 15) is 13.2 Å². The Morgan fingerprint density at radius 1 is 1.13 bits per heavy atom. The van der Waals surface area contributed by atoms with Crippen molar-refractivity contribution in [3.05, 3.63) is 77.6 Å². The van der Waals surface area contributed by atoms with Gasteiger partial charge in [-0.2, -0.15) is 8.42 Å². The summed E-state index contributed by atoms with van der Waals surface area (Å²) in [5.41, 5.74) is 2.26. The van der Waals surface area contributed by atoms with Gasteiger partial charge in [-0.25, -0.2) is 4.79 Å². The number of hydrogen-bond acceptors (Lipinski definition) is 5. The van der Waals surface area contributed by atoms with Crippen molar-refractivity contribution < 1.29 is 27.5 Å². The molecule has 30 heavy (non-hydrogen) atoms. The van der Waals surface area contributed by atoms with Gasteiger partial charge in [0.1, 0.15) is 12.4 Å². The third-order valence-corrected chi connectivity index (χ3v) is 6.30. The van der Waals surface area contributed by atoms with Gasteiger partial charge in [0.25, 0.3) is 10.0 Å². The lowest BCUT2D eigenvalue weighted by atomic mass is 10.1. The Morgan fingerprint density at radius 2 is 1.83 bits per heavy atom. The summed E-state index contributed by atoms with van der Waals surface area (Å²) in [5.74, 6) is -0.597. The van der Waals surface area contributed by atoms with Crippen LogP contribution in [0.3, 0.4) is 0 Å². The fourth-order valence-electron chi connectivity index (χ4n) is 3.02. The van der Waals surface area contributed by atoms with E-state index in [4.69, 9.17) is 14.3 Å². The zero-order valence-corrected chi connectivity index (χ0v) is 17.7. The number of sulfonamides is 1. The number of hydrogen-bond donors (Lipinski definition) is 1. The Morgan fingerprint density at radius 3 is 2.40 bits per heavy atom. The molecule has 3 rings (SSSR count). The first-order valence-corrected chi connectivity index (χ1v) is 10.8. The highest BCUT2D eigenvalue weighted by molar-refractivity contribution is 7.92. The maximum absolute atomic E-state index is 13.2. The Balaban J connectivity index is 1.94. The number of ether oxygens (including phenoxy) is 1. The van der Waals surface area contributed by atoms with Crippen LogP contribution in [0.5, 0.6) is 5.75 Å². The summed E-state index contributed by atoms with van der Waals surface area (Å²) in [5, 5.41) is 8.87. The summed E-state index contributed by atoms with van der Waals surface area (Å²) in [6.07, 6.45) is 1.32. The van der Waals surface area contributed by atoms with Crippen LogP contribution >= 0.6 is 0 Å². The second-order valence-electron chi connectivity index (χ2n) is 7.09. The van der Waals surface area contributed by atoms with Crippen LogP contribution in [0.1, 0.15) is 35.3 Å². The summed E-state index contributed by atoms with van der Waals surface area (Å²) in [7, 11) is -3.92. The van der Waals surface area contributed by atoms with E-state index >= 15 is 0 Å². The molecule has 0 radical (unpaired) electrons. The van der Waals surface area contributed by atoms with Gasteiger partial charge in [-0.05, 0) is 68.3 Å². The molecule has 3 aromatic rings. The molecule has 0 aliphatic carbocycles. The molecule has 0 amide bonds. The molecule has 0 bridgehead atoms. The largest absolute Gasteiger partial charge is 0.487 e. The number of aromatic carboxylic acids is 1. The molecule has 1 N–H and O–H groups in total. The average Bonchev–Trinajstić information content (AvgIpc) is 3.23. The monoisotopic (exact) mass is 429 g/mol. The number of anilines is 1. The van der Waals surface area contributed by atoms with E-state index in [2.05, 4.69) is 0 Å². The molecule has 1 heterocycles. The second-order valence-corrected chi connectivity index (χ2v) is 8.83. The summed E-state index contributed by atoms with van der Waals surface area (Å²) < 4.78 is 38.7. The molecular formula is C22H23NO6S. The molecule has 0 unspecified atom stereocenters. The summed E-state index contributed by atoms with van der Waals surface area (Å²) >= 11 is 0. The van der Waals surface area contributed by atoms with Gasteiger partial charge in [-0.3, -0.25) is 4.31 Å². The SMILES string of the molecule is Cc1ccc(N(C(C)C)S(=O)(=O)c2ccco2)c(OCc2ccc(C(=O)O)cc2)c1. The molecule has 1 aromatic heterocycles. The van der Waals surface area contributed by atoms with Gasteiger partial charge < -0.3 is 14.3 Å². The first-order chi connectivity index (χ1) is 14.2. The minimum atomic E-state index is -3.92. The first kappa shape index (κ1) is 21.4. The lowest BCUT2D eigenvalue weighted by Gasteiger charge is -2.29. The smallest absolute Gasteiger partial charge is 0.335 e. The number of furan rings is 1. The molecule has 0 aliphatic rings. The van der Waals surface area contributed by atoms with Crippen LogP contribution < -0.4 is 9.04 Å². The third kappa shape index (κ3) is 4.49. The lowest BCUT2D eigenvalue weighted by molar-refractivity contribution is 0.0697. The van der Waals surface area contributed by atoms with E-state index in [1.54, 1.807) is 38.1 Å². The lowest BCUT2D eigenvalue weighted by Crippen LogP contribution is -2.37. The number of nitrogens with zero attached hydrogens (tertiary/aromatic N) is 1. The predicted molar refractivity (Wildman–Crippen MR) is 112 cm³/mol. The van der Waals surface area contributed by atoms with Crippen LogP contribution in [-0.4, -0.2) is 25.5 Å². The van der Waals surface area contributed by atoms with E-state index in [1.165, 1.54) is 34.8 Å². The van der Waals surface area contributed by atoms with Crippen molar-refractivity contribution in [1.29, 1.82) is 0 Å². The second kappa shape index (κ2) is 8.62. The van der Waals surface area contributed by atoms with Crippen molar-refractivity contribution in [2.45, 2.75) is 38.5 Å². The minimum Gasteiger partial charge on any atom is -0.487 e. The van der Waals surface area contributed by atoms with Crippen molar-refractivity contribution in [2.24, 2.45) is 0 Å². The van der Waals surface area contributed by atoms with Crippen LogP contribution in [0.15, 0.2) is 70.4 Å². The van der Waals surface area contributed by atoms with Gasteiger partial charge in [0.15, 0.2) is 0 Å². The summed E-state index contributed by atoms with van der Waals surface area (Å²) in [4.78, 5) is 11.0. The van der Waals surface area contributed by atoms with Crippen molar-refractivity contribution in [1.82, 2.24) is 0 Å². The molecule has 2 aromatic carbocycles. The van der Waals surface area contributed by atoms with Crippen molar-refractivity contribution in [3.63, 3.8) is 0 Å². The standard InChI is InChI=1S/C22H23NO6S/c1-15(2)23(30(26,27)21-5-4-12-28-21)19-11-6-16(3)13-20(19)29-14-17-7-9-18(10-8-17)22(24)25/h4-13,15H,14H2,1-3H3,(H,24,25). The van der Waals surface area contributed by atoms with Gasteiger partial charge in [-0.1, -0.05) is 18.2 Å². The average molecular weight is 429 g/mol. The number of carboxylic acid groups (broad SMARTS) is 1. The Kier molecular flexibility index (Phi) is 6.17. The normalized spacial score (nSPS) is 11.5. The summed E-state index contributed by atoms with van der Waals surface area (Å²) in [6, 6.07) is 14.2. The topological polar surface area (TPSA) is 97.0 Å². The van der Waals surface area contributed by atoms with Gasteiger partial charge in [0.2, 0.25) is 5.09 Å². The molecule has 0 atom stereocenters. The molecule has 0 saturated carbocycles. The molecule has 8 heteroatoms. The fraction of sp³-hybridized carbons (Fsp3) is 0.227. The Labute approximate surface area is 175 Å². The van der Waals surface area contributed by atoms with Crippen LogP contribution in [0, 0.1) is 6.92 Å². The van der Waals surface area contributed by atoms with E-state index in [-0.39, 0.29) is 23.3 Å². The zero-order chi connectivity index (χ0) is 21.9. The van der Waals surface area contributed by atoms with E-state index in [0.717, 1.165) is 11.1 Å². The molecule has 0 spiro atoms. The maximum atomic E-state index is 13.2. The number of rotatable bonds is 8. The van der Waals surface area contributed by atoms with Crippen molar-refractivity contribution in [2.75, 3.05) is 4.31 Å². The first-order valence-electron chi connectivity index (χ1n) is 9.34. The maximum Gasteiger partial charge on any atom is 0.335 e. The third-order valence-electron chi connectivity index (χ3n) is 4.43. The fourth-order valence-corrected chi connectivity index (χ4v) is 4.60. The summed E-state index contributed by atoms with van der Waals surface area (Å²) in [6.45, 7) is 5.59. The van der Waals surface area contributed by atoms with Gasteiger partial charge in [-0.15, -0.1) is 0 Å². The minimum absolute atomic E-state index is 0.146. The number of carboxylic acids is 1. The molecular weight excluding hydrogens is 406 g/mol. The molecule has 0 saturated heterocycles. The molecule has 0 fully saturated rings. The number of benzene rings is 2. The van der Waals surface area contributed by atoms with Gasteiger partial charge in [0.05, 0.1) is 17.5 Å². The molecule has 158 valence electrons. The van der Waals surface area contributed by atoms with Crippen molar-refractivity contribution in [3.8, 4) is 5.75 Å². The van der Waals surface area contributed by atoms with Crippen LogP contribution in [0.4, 0.5) is 5.69 Å². The zero-order valence-electron chi connectivity index (χ0n) is 16.9. The Bertz CT molecular complexity index is 1120. The molecule has 0 aliphatic heterocycles. The predicted octanol–water partition coefficient (Wildman–Crippen LogP) is 4.47.